The van der Waals surface area contributed by atoms with Crippen LogP contribution in [-0.2, 0) is 0 Å². The monoisotopic (exact) mass is 250 g/mol. The fourth-order valence-electron chi connectivity index (χ4n) is 2.13. The highest BCUT2D eigenvalue weighted by Crippen LogP contribution is 2.25. The molecule has 0 aliphatic carbocycles. The van der Waals surface area contributed by atoms with Gasteiger partial charge in [0.1, 0.15) is 5.75 Å². The van der Waals surface area contributed by atoms with E-state index in [0.29, 0.717) is 11.8 Å². The highest BCUT2D eigenvalue weighted by atomic mass is 16.3. The van der Waals surface area contributed by atoms with Gasteiger partial charge in [-0.1, -0.05) is 20.8 Å². The molecule has 1 aromatic carbocycles. The van der Waals surface area contributed by atoms with Gasteiger partial charge in [-0.15, -0.1) is 0 Å². The summed E-state index contributed by atoms with van der Waals surface area (Å²) >= 11 is 0. The molecule has 1 aromatic rings. The summed E-state index contributed by atoms with van der Waals surface area (Å²) in [5.41, 5.74) is 1.31. The Morgan fingerprint density at radius 2 is 1.83 bits per heavy atom. The summed E-state index contributed by atoms with van der Waals surface area (Å²) in [4.78, 5) is 2.23. The van der Waals surface area contributed by atoms with Crippen molar-refractivity contribution in [1.82, 2.24) is 5.32 Å². The van der Waals surface area contributed by atoms with E-state index in [1.54, 1.807) is 12.1 Å². The molecule has 0 saturated heterocycles. The SMILES string of the molecule is CCNC(C)C(C)(C)CN(C)c1ccc(O)cc1. The van der Waals surface area contributed by atoms with E-state index in [9.17, 15) is 5.11 Å². The van der Waals surface area contributed by atoms with Gasteiger partial charge in [0.25, 0.3) is 0 Å². The molecule has 1 rings (SSSR count). The van der Waals surface area contributed by atoms with Crippen LogP contribution < -0.4 is 10.2 Å². The molecular formula is C15H26N2O. The second-order valence-electron chi connectivity index (χ2n) is 5.64. The topological polar surface area (TPSA) is 35.5 Å². The Labute approximate surface area is 111 Å². The largest absolute Gasteiger partial charge is 0.508 e. The number of hydrogen-bond acceptors (Lipinski definition) is 3. The van der Waals surface area contributed by atoms with Gasteiger partial charge in [-0.05, 0) is 43.1 Å². The summed E-state index contributed by atoms with van der Waals surface area (Å²) in [5, 5.41) is 12.8. The van der Waals surface area contributed by atoms with Gasteiger partial charge < -0.3 is 15.3 Å². The molecule has 3 nitrogen and oxygen atoms in total. The minimum atomic E-state index is 0.183. The van der Waals surface area contributed by atoms with Crippen LogP contribution >= 0.6 is 0 Å². The Hall–Kier alpha value is -1.22. The zero-order valence-electron chi connectivity index (χ0n) is 12.2. The third-order valence-electron chi connectivity index (χ3n) is 3.62. The van der Waals surface area contributed by atoms with Crippen molar-refractivity contribution in [3.8, 4) is 5.75 Å². The van der Waals surface area contributed by atoms with Gasteiger partial charge in [-0.25, -0.2) is 0 Å². The molecule has 0 aromatic heterocycles. The number of phenolic OH excluding ortho intramolecular Hbond substituents is 1. The molecule has 0 saturated carbocycles. The summed E-state index contributed by atoms with van der Waals surface area (Å²) in [6.45, 7) is 10.9. The summed E-state index contributed by atoms with van der Waals surface area (Å²) in [7, 11) is 2.09. The third kappa shape index (κ3) is 3.91. The smallest absolute Gasteiger partial charge is 0.115 e. The minimum absolute atomic E-state index is 0.183. The standard InChI is InChI=1S/C15H26N2O/c1-6-16-12(2)15(3,4)11-17(5)13-7-9-14(18)10-8-13/h7-10,12,16,18H,6,11H2,1-5H3. The summed E-state index contributed by atoms with van der Waals surface area (Å²) in [5.74, 6) is 0.312. The van der Waals surface area contributed by atoms with Crippen LogP contribution in [0.2, 0.25) is 0 Å². The van der Waals surface area contributed by atoms with Gasteiger partial charge in [0.15, 0.2) is 0 Å². The zero-order chi connectivity index (χ0) is 13.8. The van der Waals surface area contributed by atoms with Crippen LogP contribution in [0.4, 0.5) is 5.69 Å². The van der Waals surface area contributed by atoms with Crippen molar-refractivity contribution >= 4 is 5.69 Å². The quantitative estimate of drug-likeness (QED) is 0.815. The number of benzene rings is 1. The van der Waals surface area contributed by atoms with Crippen LogP contribution in [0.15, 0.2) is 24.3 Å². The van der Waals surface area contributed by atoms with Crippen molar-refractivity contribution < 1.29 is 5.11 Å². The molecular weight excluding hydrogens is 224 g/mol. The van der Waals surface area contributed by atoms with Crippen molar-refractivity contribution in [2.45, 2.75) is 33.7 Å². The van der Waals surface area contributed by atoms with Crippen molar-refractivity contribution in [2.75, 3.05) is 25.0 Å². The lowest BCUT2D eigenvalue weighted by Crippen LogP contribution is -2.46. The average Bonchev–Trinajstić information content (AvgIpc) is 2.29. The molecule has 0 radical (unpaired) electrons. The van der Waals surface area contributed by atoms with Crippen molar-refractivity contribution in [3.05, 3.63) is 24.3 Å². The van der Waals surface area contributed by atoms with Crippen LogP contribution in [0.25, 0.3) is 0 Å². The molecule has 2 N–H and O–H groups in total. The maximum absolute atomic E-state index is 9.30. The number of anilines is 1. The van der Waals surface area contributed by atoms with E-state index in [1.165, 1.54) is 0 Å². The van der Waals surface area contributed by atoms with Crippen molar-refractivity contribution in [2.24, 2.45) is 5.41 Å². The van der Waals surface area contributed by atoms with Gasteiger partial charge in [0.2, 0.25) is 0 Å². The maximum atomic E-state index is 9.30. The number of nitrogens with zero attached hydrogens (tertiary/aromatic N) is 1. The second-order valence-corrected chi connectivity index (χ2v) is 5.64. The van der Waals surface area contributed by atoms with E-state index >= 15 is 0 Å². The Morgan fingerprint density at radius 1 is 1.28 bits per heavy atom. The normalized spacial score (nSPS) is 13.4. The maximum Gasteiger partial charge on any atom is 0.115 e. The lowest BCUT2D eigenvalue weighted by Gasteiger charge is -2.37. The van der Waals surface area contributed by atoms with Gasteiger partial charge in [0, 0.05) is 25.3 Å². The number of hydrogen-bond donors (Lipinski definition) is 2. The summed E-state index contributed by atoms with van der Waals surface area (Å²) in [6.07, 6.45) is 0. The highest BCUT2D eigenvalue weighted by Gasteiger charge is 2.26. The second kappa shape index (κ2) is 6.10. The average molecular weight is 250 g/mol. The number of nitrogens with one attached hydrogen (secondary N) is 1. The molecule has 0 amide bonds. The molecule has 0 heterocycles. The molecule has 0 spiro atoms. The predicted molar refractivity (Wildman–Crippen MR) is 78.3 cm³/mol. The molecule has 0 aliphatic heterocycles. The molecule has 1 atom stereocenters. The first-order valence-electron chi connectivity index (χ1n) is 6.60. The Morgan fingerprint density at radius 3 is 2.33 bits per heavy atom. The summed E-state index contributed by atoms with van der Waals surface area (Å²) in [6, 6.07) is 7.81. The van der Waals surface area contributed by atoms with Gasteiger partial charge in [0.05, 0.1) is 0 Å². The molecule has 1 unspecified atom stereocenters. The van der Waals surface area contributed by atoms with Crippen LogP contribution in [0.5, 0.6) is 5.75 Å². The Bertz CT molecular complexity index is 359. The molecule has 102 valence electrons. The Kier molecular flexibility index (Phi) is 5.03. The van der Waals surface area contributed by atoms with Crippen LogP contribution in [0.3, 0.4) is 0 Å². The van der Waals surface area contributed by atoms with Gasteiger partial charge in [-0.2, -0.15) is 0 Å². The predicted octanol–water partition coefficient (Wildman–Crippen LogP) is 2.85. The molecule has 0 bridgehead atoms. The summed E-state index contributed by atoms with van der Waals surface area (Å²) < 4.78 is 0. The van der Waals surface area contributed by atoms with Crippen LogP contribution in [0.1, 0.15) is 27.7 Å². The van der Waals surface area contributed by atoms with Gasteiger partial charge in [-0.3, -0.25) is 0 Å². The first-order valence-corrected chi connectivity index (χ1v) is 6.60. The van der Waals surface area contributed by atoms with Crippen molar-refractivity contribution in [3.63, 3.8) is 0 Å². The fraction of sp³-hybridized carbons (Fsp3) is 0.600. The first kappa shape index (κ1) is 14.8. The van der Waals surface area contributed by atoms with Crippen LogP contribution in [-0.4, -0.2) is 31.3 Å². The fourth-order valence-corrected chi connectivity index (χ4v) is 2.13. The molecule has 0 aliphatic rings. The minimum Gasteiger partial charge on any atom is -0.508 e. The number of rotatable bonds is 6. The first-order chi connectivity index (χ1) is 8.36. The highest BCUT2D eigenvalue weighted by molar-refractivity contribution is 5.48. The van der Waals surface area contributed by atoms with E-state index in [-0.39, 0.29) is 5.41 Å². The molecule has 3 heteroatoms. The lowest BCUT2D eigenvalue weighted by molar-refractivity contribution is 0.266. The molecule has 0 fully saturated rings. The number of phenols is 1. The molecule has 18 heavy (non-hydrogen) atoms. The Balaban J connectivity index is 2.68. The van der Waals surface area contributed by atoms with Gasteiger partial charge >= 0.3 is 0 Å². The van der Waals surface area contributed by atoms with Crippen LogP contribution in [0, 0.1) is 5.41 Å². The van der Waals surface area contributed by atoms with Crippen molar-refractivity contribution in [1.29, 1.82) is 0 Å². The third-order valence-corrected chi connectivity index (χ3v) is 3.62. The van der Waals surface area contributed by atoms with E-state index < -0.39 is 0 Å². The van der Waals surface area contributed by atoms with E-state index in [4.69, 9.17) is 0 Å². The lowest BCUT2D eigenvalue weighted by atomic mass is 9.84. The van der Waals surface area contributed by atoms with E-state index in [0.717, 1.165) is 18.8 Å². The van der Waals surface area contributed by atoms with E-state index in [2.05, 4.69) is 45.0 Å². The zero-order valence-corrected chi connectivity index (χ0v) is 12.2. The van der Waals surface area contributed by atoms with E-state index in [1.807, 2.05) is 12.1 Å². The number of aromatic hydroxyl groups is 1.